The average Bonchev–Trinajstić information content (AvgIpc) is 3.10. The summed E-state index contributed by atoms with van der Waals surface area (Å²) < 4.78 is 14.8. The molecule has 33 heavy (non-hydrogen) atoms. The van der Waals surface area contributed by atoms with Crippen molar-refractivity contribution in [3.8, 4) is 11.5 Å². The van der Waals surface area contributed by atoms with Crippen molar-refractivity contribution in [2.75, 3.05) is 13.2 Å². The Kier molecular flexibility index (Phi) is 4.75. The predicted molar refractivity (Wildman–Crippen MR) is 123 cm³/mol. The number of aromatic nitrogens is 5. The van der Waals surface area contributed by atoms with Crippen LogP contribution in [0.15, 0.2) is 71.8 Å². The van der Waals surface area contributed by atoms with E-state index in [1.54, 1.807) is 21.5 Å². The van der Waals surface area contributed by atoms with Crippen molar-refractivity contribution < 1.29 is 9.47 Å². The van der Waals surface area contributed by atoms with Gasteiger partial charge in [-0.3, -0.25) is 4.79 Å². The number of hydrogen-bond donors (Lipinski definition) is 0. The third kappa shape index (κ3) is 3.69. The number of fused-ring (bicyclic) bond motifs is 4. The van der Waals surface area contributed by atoms with Gasteiger partial charge in [-0.15, -0.1) is 5.10 Å². The predicted octanol–water partition coefficient (Wildman–Crippen LogP) is 3.24. The van der Waals surface area contributed by atoms with E-state index in [2.05, 4.69) is 15.1 Å². The van der Waals surface area contributed by atoms with E-state index in [1.807, 2.05) is 54.6 Å². The van der Waals surface area contributed by atoms with Crippen LogP contribution in [0.1, 0.15) is 23.4 Å². The second kappa shape index (κ2) is 8.05. The SMILES string of the molecule is O=c1c2cnc3nc(Cc4ccccc4)nn3c2ccn1Cc1ccc2c(c1)OCCCO2. The first-order valence-corrected chi connectivity index (χ1v) is 10.9. The van der Waals surface area contributed by atoms with Crippen molar-refractivity contribution in [3.05, 3.63) is 94.3 Å². The fourth-order valence-electron chi connectivity index (χ4n) is 4.08. The summed E-state index contributed by atoms with van der Waals surface area (Å²) in [6.45, 7) is 1.69. The molecular formula is C25H21N5O3. The third-order valence-electron chi connectivity index (χ3n) is 5.72. The number of benzene rings is 2. The molecule has 3 aromatic heterocycles. The highest BCUT2D eigenvalue weighted by atomic mass is 16.5. The maximum Gasteiger partial charge on any atom is 0.261 e. The van der Waals surface area contributed by atoms with Crippen molar-refractivity contribution in [1.29, 1.82) is 0 Å². The summed E-state index contributed by atoms with van der Waals surface area (Å²) in [5.74, 6) is 2.60. The molecular weight excluding hydrogens is 418 g/mol. The van der Waals surface area contributed by atoms with Crippen molar-refractivity contribution in [3.63, 3.8) is 0 Å². The highest BCUT2D eigenvalue weighted by Gasteiger charge is 2.14. The molecule has 0 saturated carbocycles. The van der Waals surface area contributed by atoms with Crippen LogP contribution < -0.4 is 15.0 Å². The summed E-state index contributed by atoms with van der Waals surface area (Å²) in [6.07, 6.45) is 4.82. The van der Waals surface area contributed by atoms with Crippen LogP contribution in [0.2, 0.25) is 0 Å². The van der Waals surface area contributed by atoms with Crippen LogP contribution in [0, 0.1) is 0 Å². The van der Waals surface area contributed by atoms with Gasteiger partial charge in [0.15, 0.2) is 17.3 Å². The summed E-state index contributed by atoms with van der Waals surface area (Å²) in [6, 6.07) is 17.7. The van der Waals surface area contributed by atoms with E-state index in [0.717, 1.165) is 29.0 Å². The van der Waals surface area contributed by atoms with Gasteiger partial charge >= 0.3 is 0 Å². The van der Waals surface area contributed by atoms with E-state index in [9.17, 15) is 4.79 Å². The minimum Gasteiger partial charge on any atom is -0.490 e. The van der Waals surface area contributed by atoms with Crippen LogP contribution in [0.25, 0.3) is 16.7 Å². The number of ether oxygens (including phenoxy) is 2. The van der Waals surface area contributed by atoms with Gasteiger partial charge in [-0.25, -0.2) is 4.98 Å². The lowest BCUT2D eigenvalue weighted by Crippen LogP contribution is -2.21. The maximum absolute atomic E-state index is 13.2. The Labute approximate surface area is 189 Å². The molecule has 5 aromatic rings. The Hall–Kier alpha value is -4.20. The first-order chi connectivity index (χ1) is 16.2. The molecule has 0 fully saturated rings. The lowest BCUT2D eigenvalue weighted by atomic mass is 10.1. The van der Waals surface area contributed by atoms with Gasteiger partial charge in [-0.05, 0) is 29.3 Å². The molecule has 0 amide bonds. The Morgan fingerprint density at radius 2 is 1.79 bits per heavy atom. The van der Waals surface area contributed by atoms with Gasteiger partial charge in [-0.2, -0.15) is 9.50 Å². The Balaban J connectivity index is 1.34. The van der Waals surface area contributed by atoms with Gasteiger partial charge in [0, 0.05) is 25.2 Å². The molecule has 0 radical (unpaired) electrons. The fraction of sp³-hybridized carbons (Fsp3) is 0.200. The van der Waals surface area contributed by atoms with E-state index in [1.165, 1.54) is 0 Å². The first kappa shape index (κ1) is 19.5. The second-order valence-electron chi connectivity index (χ2n) is 8.04. The molecule has 8 nitrogen and oxygen atoms in total. The van der Waals surface area contributed by atoms with Crippen LogP contribution in [0.4, 0.5) is 0 Å². The lowest BCUT2D eigenvalue weighted by Gasteiger charge is -2.11. The van der Waals surface area contributed by atoms with Crippen molar-refractivity contribution in [2.24, 2.45) is 0 Å². The average molecular weight is 439 g/mol. The molecule has 0 saturated heterocycles. The van der Waals surface area contributed by atoms with E-state index >= 15 is 0 Å². The van der Waals surface area contributed by atoms with Crippen LogP contribution in [-0.2, 0) is 13.0 Å². The van der Waals surface area contributed by atoms with Crippen LogP contribution in [-0.4, -0.2) is 37.4 Å². The van der Waals surface area contributed by atoms with Gasteiger partial charge in [0.25, 0.3) is 11.3 Å². The first-order valence-electron chi connectivity index (χ1n) is 10.9. The quantitative estimate of drug-likeness (QED) is 0.428. The summed E-state index contributed by atoms with van der Waals surface area (Å²) in [5.41, 5.74) is 2.64. The van der Waals surface area contributed by atoms with Crippen LogP contribution in [0.5, 0.6) is 11.5 Å². The molecule has 0 aliphatic carbocycles. The zero-order valence-electron chi connectivity index (χ0n) is 17.8. The summed E-state index contributed by atoms with van der Waals surface area (Å²) >= 11 is 0. The van der Waals surface area contributed by atoms with E-state index in [-0.39, 0.29) is 5.56 Å². The van der Waals surface area contributed by atoms with Crippen molar-refractivity contribution in [1.82, 2.24) is 24.1 Å². The largest absolute Gasteiger partial charge is 0.490 e. The standard InChI is InChI=1S/C25H21N5O3/c31-24-19-15-26-25-27-23(14-17-5-2-1-3-6-17)28-30(25)20(19)9-10-29(24)16-18-7-8-21-22(13-18)33-12-4-11-32-21/h1-3,5-10,13,15H,4,11-12,14,16H2. The molecule has 0 bridgehead atoms. The number of nitrogens with zero attached hydrogens (tertiary/aromatic N) is 5. The molecule has 1 aliphatic heterocycles. The van der Waals surface area contributed by atoms with Gasteiger partial charge in [0.2, 0.25) is 0 Å². The Morgan fingerprint density at radius 1 is 0.939 bits per heavy atom. The topological polar surface area (TPSA) is 83.5 Å². The zero-order valence-corrected chi connectivity index (χ0v) is 17.8. The van der Waals surface area contributed by atoms with E-state index in [4.69, 9.17) is 9.47 Å². The number of pyridine rings is 1. The molecule has 2 aromatic carbocycles. The molecule has 0 atom stereocenters. The minimum atomic E-state index is -0.130. The lowest BCUT2D eigenvalue weighted by molar-refractivity contribution is 0.297. The molecule has 8 heteroatoms. The zero-order chi connectivity index (χ0) is 22.2. The summed E-state index contributed by atoms with van der Waals surface area (Å²) in [7, 11) is 0. The monoisotopic (exact) mass is 439 g/mol. The highest BCUT2D eigenvalue weighted by Crippen LogP contribution is 2.30. The third-order valence-corrected chi connectivity index (χ3v) is 5.72. The van der Waals surface area contributed by atoms with Crippen molar-refractivity contribution in [2.45, 2.75) is 19.4 Å². The molecule has 0 spiro atoms. The molecule has 6 rings (SSSR count). The van der Waals surface area contributed by atoms with E-state index < -0.39 is 0 Å². The summed E-state index contributed by atoms with van der Waals surface area (Å²) in [5, 5.41) is 5.11. The second-order valence-corrected chi connectivity index (χ2v) is 8.04. The number of rotatable bonds is 4. The smallest absolute Gasteiger partial charge is 0.261 e. The summed E-state index contributed by atoms with van der Waals surface area (Å²) in [4.78, 5) is 22.1. The Morgan fingerprint density at radius 3 is 2.67 bits per heavy atom. The molecule has 0 N–H and O–H groups in total. The normalized spacial score (nSPS) is 13.3. The highest BCUT2D eigenvalue weighted by molar-refractivity contribution is 5.78. The minimum absolute atomic E-state index is 0.130. The fourth-order valence-corrected chi connectivity index (χ4v) is 4.08. The Bertz CT molecular complexity index is 1520. The van der Waals surface area contributed by atoms with Gasteiger partial charge in [0.05, 0.1) is 30.7 Å². The van der Waals surface area contributed by atoms with E-state index in [0.29, 0.717) is 48.7 Å². The van der Waals surface area contributed by atoms with Crippen LogP contribution in [0.3, 0.4) is 0 Å². The molecule has 164 valence electrons. The number of hydrogen-bond acceptors (Lipinski definition) is 6. The van der Waals surface area contributed by atoms with Crippen molar-refractivity contribution >= 4 is 16.7 Å². The van der Waals surface area contributed by atoms with Gasteiger partial charge in [0.1, 0.15) is 0 Å². The molecule has 0 unspecified atom stereocenters. The van der Waals surface area contributed by atoms with Gasteiger partial charge < -0.3 is 14.0 Å². The van der Waals surface area contributed by atoms with Crippen LogP contribution >= 0.6 is 0 Å². The maximum atomic E-state index is 13.2. The molecule has 1 aliphatic rings. The van der Waals surface area contributed by atoms with Gasteiger partial charge in [-0.1, -0.05) is 36.4 Å². The molecule has 4 heterocycles.